The molecular formula is C17H23BrFNO. The lowest BCUT2D eigenvalue weighted by Gasteiger charge is -2.46. The molecule has 0 saturated carbocycles. The molecule has 3 rings (SSSR count). The Morgan fingerprint density at radius 1 is 1.29 bits per heavy atom. The monoisotopic (exact) mass is 355 g/mol. The molecule has 0 spiro atoms. The first-order valence-corrected chi connectivity index (χ1v) is 8.45. The number of nitrogens with zero attached hydrogens (tertiary/aromatic N) is 1. The van der Waals surface area contributed by atoms with Crippen molar-refractivity contribution in [2.45, 2.75) is 38.7 Å². The van der Waals surface area contributed by atoms with E-state index in [9.17, 15) is 9.50 Å². The van der Waals surface area contributed by atoms with Crippen molar-refractivity contribution in [2.24, 2.45) is 11.3 Å². The third kappa shape index (κ3) is 2.18. The van der Waals surface area contributed by atoms with Crippen molar-refractivity contribution in [3.05, 3.63) is 33.5 Å². The molecule has 1 atom stereocenters. The number of benzene rings is 1. The molecule has 1 aliphatic carbocycles. The summed E-state index contributed by atoms with van der Waals surface area (Å²) in [5, 5.41) is 11.7. The molecule has 4 heteroatoms. The Kier molecular flexibility index (Phi) is 3.70. The van der Waals surface area contributed by atoms with Crippen molar-refractivity contribution in [3.8, 4) is 0 Å². The number of hydrogen-bond donors (Lipinski definition) is 1. The first-order valence-electron chi connectivity index (χ1n) is 7.65. The van der Waals surface area contributed by atoms with E-state index < -0.39 is 5.60 Å². The van der Waals surface area contributed by atoms with Gasteiger partial charge in [0, 0.05) is 15.5 Å². The average Bonchev–Trinajstić information content (AvgIpc) is 2.64. The van der Waals surface area contributed by atoms with E-state index in [4.69, 9.17) is 0 Å². The topological polar surface area (TPSA) is 23.5 Å². The van der Waals surface area contributed by atoms with Crippen molar-refractivity contribution in [1.29, 1.82) is 0 Å². The van der Waals surface area contributed by atoms with E-state index in [1.165, 1.54) is 6.07 Å². The van der Waals surface area contributed by atoms with Gasteiger partial charge in [-0.2, -0.15) is 0 Å². The second-order valence-electron chi connectivity index (χ2n) is 7.29. The predicted octanol–water partition coefficient (Wildman–Crippen LogP) is 3.70. The first kappa shape index (κ1) is 15.4. The maximum atomic E-state index is 14.2. The molecular weight excluding hydrogens is 333 g/mol. The molecule has 0 aromatic heterocycles. The number of aliphatic hydroxyl groups is 1. The van der Waals surface area contributed by atoms with E-state index in [2.05, 4.69) is 41.7 Å². The lowest BCUT2D eigenvalue weighted by atomic mass is 9.65. The number of halogens is 2. The lowest BCUT2D eigenvalue weighted by molar-refractivity contribution is -0.122. The summed E-state index contributed by atoms with van der Waals surface area (Å²) in [7, 11) is 2.11. The zero-order valence-electron chi connectivity index (χ0n) is 12.9. The van der Waals surface area contributed by atoms with Crippen molar-refractivity contribution in [3.63, 3.8) is 0 Å². The number of likely N-dealkylation sites (tertiary alicyclic amines) is 1. The predicted molar refractivity (Wildman–Crippen MR) is 85.7 cm³/mol. The highest BCUT2D eigenvalue weighted by atomic mass is 79.9. The molecule has 0 radical (unpaired) electrons. The normalized spacial score (nSPS) is 29.6. The van der Waals surface area contributed by atoms with Gasteiger partial charge in [-0.05, 0) is 63.0 Å². The van der Waals surface area contributed by atoms with Gasteiger partial charge in [-0.1, -0.05) is 29.8 Å². The van der Waals surface area contributed by atoms with Crippen LogP contribution in [-0.2, 0) is 12.0 Å². The molecule has 1 heterocycles. The summed E-state index contributed by atoms with van der Waals surface area (Å²) in [4.78, 5) is 2.29. The van der Waals surface area contributed by atoms with Crippen molar-refractivity contribution < 1.29 is 9.50 Å². The Balaban J connectivity index is 2.11. The molecule has 0 amide bonds. The van der Waals surface area contributed by atoms with Gasteiger partial charge in [0.1, 0.15) is 5.82 Å². The first-order chi connectivity index (χ1) is 9.77. The van der Waals surface area contributed by atoms with Gasteiger partial charge in [0.2, 0.25) is 0 Å². The van der Waals surface area contributed by atoms with E-state index in [0.29, 0.717) is 12.0 Å². The van der Waals surface area contributed by atoms with Crippen LogP contribution in [0.3, 0.4) is 0 Å². The molecule has 2 nitrogen and oxygen atoms in total. The molecule has 1 unspecified atom stereocenters. The van der Waals surface area contributed by atoms with Gasteiger partial charge >= 0.3 is 0 Å². The molecule has 1 fully saturated rings. The van der Waals surface area contributed by atoms with E-state index in [-0.39, 0.29) is 17.2 Å². The summed E-state index contributed by atoms with van der Waals surface area (Å²) in [5.41, 5.74) is 0.184. The zero-order valence-corrected chi connectivity index (χ0v) is 14.5. The number of hydrogen-bond acceptors (Lipinski definition) is 2. The van der Waals surface area contributed by atoms with Gasteiger partial charge in [0.05, 0.1) is 5.60 Å². The molecule has 2 aliphatic rings. The fraction of sp³-hybridized carbons (Fsp3) is 0.647. The quantitative estimate of drug-likeness (QED) is 0.830. The zero-order chi connectivity index (χ0) is 15.4. The van der Waals surface area contributed by atoms with Crippen LogP contribution in [0.15, 0.2) is 16.6 Å². The molecule has 1 N–H and O–H groups in total. The molecule has 116 valence electrons. The summed E-state index contributed by atoms with van der Waals surface area (Å²) in [5.74, 6) is -0.00632. The summed E-state index contributed by atoms with van der Waals surface area (Å²) < 4.78 is 15.1. The molecule has 1 aliphatic heterocycles. The van der Waals surface area contributed by atoms with Crippen LogP contribution in [0.5, 0.6) is 0 Å². The molecule has 1 aromatic rings. The van der Waals surface area contributed by atoms with Crippen LogP contribution in [0, 0.1) is 17.2 Å². The summed E-state index contributed by atoms with van der Waals surface area (Å²) >= 11 is 3.55. The highest BCUT2D eigenvalue weighted by molar-refractivity contribution is 9.10. The fourth-order valence-electron chi connectivity index (χ4n) is 4.28. The Morgan fingerprint density at radius 3 is 2.52 bits per heavy atom. The maximum absolute atomic E-state index is 14.2. The Labute approximate surface area is 134 Å². The average molecular weight is 356 g/mol. The van der Waals surface area contributed by atoms with Crippen LogP contribution in [0.25, 0.3) is 0 Å². The molecule has 0 bridgehead atoms. The van der Waals surface area contributed by atoms with E-state index in [0.717, 1.165) is 36.0 Å². The summed E-state index contributed by atoms with van der Waals surface area (Å²) in [6.45, 7) is 6.12. The largest absolute Gasteiger partial charge is 0.384 e. The SMILES string of the molecule is CN1CCC(C2(O)c3c(Br)ccc(F)c3CC2(C)C)CC1. The molecule has 21 heavy (non-hydrogen) atoms. The third-order valence-corrected chi connectivity index (χ3v) is 6.21. The van der Waals surface area contributed by atoms with Crippen LogP contribution < -0.4 is 0 Å². The molecule has 1 aromatic carbocycles. The van der Waals surface area contributed by atoms with Crippen molar-refractivity contribution in [2.75, 3.05) is 20.1 Å². The molecule has 1 saturated heterocycles. The van der Waals surface area contributed by atoms with Gasteiger partial charge in [-0.15, -0.1) is 0 Å². The number of rotatable bonds is 1. The highest BCUT2D eigenvalue weighted by Gasteiger charge is 2.57. The van der Waals surface area contributed by atoms with Crippen molar-refractivity contribution >= 4 is 15.9 Å². The van der Waals surface area contributed by atoms with E-state index in [1.54, 1.807) is 6.07 Å². The smallest absolute Gasteiger partial charge is 0.126 e. The summed E-state index contributed by atoms with van der Waals surface area (Å²) in [6, 6.07) is 3.23. The van der Waals surface area contributed by atoms with Gasteiger partial charge in [0.15, 0.2) is 0 Å². The van der Waals surface area contributed by atoms with Gasteiger partial charge in [-0.3, -0.25) is 0 Å². The van der Waals surface area contributed by atoms with Crippen LogP contribution >= 0.6 is 15.9 Å². The highest BCUT2D eigenvalue weighted by Crippen LogP contribution is 2.58. The Morgan fingerprint density at radius 2 is 1.90 bits per heavy atom. The third-order valence-electron chi connectivity index (χ3n) is 5.55. The minimum Gasteiger partial charge on any atom is -0.384 e. The van der Waals surface area contributed by atoms with E-state index in [1.807, 2.05) is 0 Å². The second-order valence-corrected chi connectivity index (χ2v) is 8.14. The van der Waals surface area contributed by atoms with Gasteiger partial charge in [-0.25, -0.2) is 4.39 Å². The fourth-order valence-corrected chi connectivity index (χ4v) is 4.95. The minimum atomic E-state index is -0.954. The van der Waals surface area contributed by atoms with E-state index >= 15 is 0 Å². The van der Waals surface area contributed by atoms with Crippen molar-refractivity contribution in [1.82, 2.24) is 4.90 Å². The van der Waals surface area contributed by atoms with Gasteiger partial charge < -0.3 is 10.0 Å². The summed E-state index contributed by atoms with van der Waals surface area (Å²) in [6.07, 6.45) is 2.51. The number of fused-ring (bicyclic) bond motifs is 1. The van der Waals surface area contributed by atoms with Crippen LogP contribution in [0.1, 0.15) is 37.8 Å². The Bertz CT molecular complexity index is 566. The lowest BCUT2D eigenvalue weighted by Crippen LogP contribution is -2.49. The van der Waals surface area contributed by atoms with Crippen LogP contribution in [-0.4, -0.2) is 30.1 Å². The second kappa shape index (κ2) is 5.04. The van der Waals surface area contributed by atoms with Gasteiger partial charge in [0.25, 0.3) is 0 Å². The number of piperidine rings is 1. The maximum Gasteiger partial charge on any atom is 0.126 e. The minimum absolute atomic E-state index is 0.183. The van der Waals surface area contributed by atoms with Crippen LogP contribution in [0.4, 0.5) is 4.39 Å². The standard InChI is InChI=1S/C17H23BrFNO/c1-16(2)10-12-14(19)5-4-13(18)15(12)17(16,21)11-6-8-20(3)9-7-11/h4-5,11,21H,6-10H2,1-3H3. The Hall–Kier alpha value is -0.450. The van der Waals surface area contributed by atoms with Crippen LogP contribution in [0.2, 0.25) is 0 Å².